The summed E-state index contributed by atoms with van der Waals surface area (Å²) in [6.45, 7) is 1.96. The monoisotopic (exact) mass is 268 g/mol. The summed E-state index contributed by atoms with van der Waals surface area (Å²) in [5, 5.41) is 2.59. The molecule has 0 aromatic heterocycles. The van der Waals surface area contributed by atoms with Crippen molar-refractivity contribution in [3.05, 3.63) is 24.3 Å². The second-order valence-corrected chi connectivity index (χ2v) is 3.85. The van der Waals surface area contributed by atoms with E-state index in [4.69, 9.17) is 19.9 Å². The van der Waals surface area contributed by atoms with Crippen LogP contribution in [0.2, 0.25) is 0 Å². The van der Waals surface area contributed by atoms with E-state index in [1.807, 2.05) is 0 Å². The van der Waals surface area contributed by atoms with Gasteiger partial charge in [-0.3, -0.25) is 5.32 Å². The molecular formula is C13H20N2O4. The standard InChI is InChI=1S/C13H20N2O4/c1-17-8-9-18-6-3-7-19-13(16)15-12-5-2-4-11(14)10-12/h2,4-5,10H,3,6-9,14H2,1H3,(H,15,16). The fourth-order valence-electron chi connectivity index (χ4n) is 1.34. The van der Waals surface area contributed by atoms with E-state index < -0.39 is 6.09 Å². The van der Waals surface area contributed by atoms with Crippen LogP contribution in [0.25, 0.3) is 0 Å². The second kappa shape index (κ2) is 9.18. The van der Waals surface area contributed by atoms with Crippen LogP contribution in [0, 0.1) is 0 Å². The van der Waals surface area contributed by atoms with Gasteiger partial charge in [-0.15, -0.1) is 0 Å². The summed E-state index contributed by atoms with van der Waals surface area (Å²) in [5.41, 5.74) is 6.79. The van der Waals surface area contributed by atoms with Gasteiger partial charge in [0.25, 0.3) is 0 Å². The molecule has 3 N–H and O–H groups in total. The lowest BCUT2D eigenvalue weighted by Crippen LogP contribution is -2.15. The molecule has 6 heteroatoms. The van der Waals surface area contributed by atoms with Crippen molar-refractivity contribution in [3.63, 3.8) is 0 Å². The van der Waals surface area contributed by atoms with Crippen molar-refractivity contribution in [2.75, 3.05) is 44.6 Å². The summed E-state index contributed by atoms with van der Waals surface area (Å²) in [5.74, 6) is 0. The largest absolute Gasteiger partial charge is 0.449 e. The Hall–Kier alpha value is -1.79. The predicted octanol–water partition coefficient (Wildman–Crippen LogP) is 1.87. The van der Waals surface area contributed by atoms with Gasteiger partial charge in [-0.1, -0.05) is 6.07 Å². The van der Waals surface area contributed by atoms with Gasteiger partial charge in [0.05, 0.1) is 19.8 Å². The van der Waals surface area contributed by atoms with Crippen LogP contribution in [0.5, 0.6) is 0 Å². The molecule has 19 heavy (non-hydrogen) atoms. The number of nitrogens with one attached hydrogen (secondary N) is 1. The molecule has 0 aliphatic carbocycles. The summed E-state index contributed by atoms with van der Waals surface area (Å²) in [7, 11) is 1.62. The minimum Gasteiger partial charge on any atom is -0.449 e. The van der Waals surface area contributed by atoms with Crippen LogP contribution in [0.1, 0.15) is 6.42 Å². The summed E-state index contributed by atoms with van der Waals surface area (Å²) in [6.07, 6.45) is 0.149. The Morgan fingerprint density at radius 2 is 2.11 bits per heavy atom. The van der Waals surface area contributed by atoms with Gasteiger partial charge in [-0.25, -0.2) is 4.79 Å². The molecule has 0 aliphatic rings. The Labute approximate surface area is 112 Å². The van der Waals surface area contributed by atoms with Crippen molar-refractivity contribution in [2.24, 2.45) is 0 Å². The summed E-state index contributed by atoms with van der Waals surface area (Å²) in [6, 6.07) is 6.91. The Kier molecular flexibility index (Phi) is 7.38. The molecule has 6 nitrogen and oxygen atoms in total. The van der Waals surface area contributed by atoms with E-state index in [0.29, 0.717) is 44.2 Å². The highest BCUT2D eigenvalue weighted by atomic mass is 16.6. The number of amides is 1. The topological polar surface area (TPSA) is 82.8 Å². The molecule has 0 saturated carbocycles. The number of ether oxygens (including phenoxy) is 3. The van der Waals surface area contributed by atoms with Crippen LogP contribution < -0.4 is 11.1 Å². The molecule has 0 radical (unpaired) electrons. The maximum absolute atomic E-state index is 11.4. The third-order valence-electron chi connectivity index (χ3n) is 2.23. The number of carbonyl (C=O) groups excluding carboxylic acids is 1. The van der Waals surface area contributed by atoms with Gasteiger partial charge in [-0.2, -0.15) is 0 Å². The van der Waals surface area contributed by atoms with Crippen LogP contribution in [-0.2, 0) is 14.2 Å². The summed E-state index contributed by atoms with van der Waals surface area (Å²) in [4.78, 5) is 11.4. The third kappa shape index (κ3) is 7.28. The Morgan fingerprint density at radius 3 is 2.84 bits per heavy atom. The lowest BCUT2D eigenvalue weighted by Gasteiger charge is -2.07. The SMILES string of the molecule is COCCOCCCOC(=O)Nc1cccc(N)c1. The number of nitrogens with two attached hydrogens (primary N) is 1. The Bertz CT molecular complexity index is 385. The van der Waals surface area contributed by atoms with Gasteiger partial charge < -0.3 is 19.9 Å². The minimum atomic E-state index is -0.498. The lowest BCUT2D eigenvalue weighted by atomic mass is 10.3. The zero-order chi connectivity index (χ0) is 13.9. The molecule has 0 heterocycles. The van der Waals surface area contributed by atoms with Crippen molar-refractivity contribution in [1.29, 1.82) is 0 Å². The predicted molar refractivity (Wildman–Crippen MR) is 73.1 cm³/mol. The summed E-state index contributed by atoms with van der Waals surface area (Å²) >= 11 is 0. The van der Waals surface area contributed by atoms with Crippen molar-refractivity contribution in [2.45, 2.75) is 6.42 Å². The number of hydrogen-bond acceptors (Lipinski definition) is 5. The van der Waals surface area contributed by atoms with Crippen molar-refractivity contribution in [3.8, 4) is 0 Å². The normalized spacial score (nSPS) is 10.2. The lowest BCUT2D eigenvalue weighted by molar-refractivity contribution is 0.0608. The molecule has 0 spiro atoms. The van der Waals surface area contributed by atoms with E-state index in [9.17, 15) is 4.79 Å². The third-order valence-corrected chi connectivity index (χ3v) is 2.23. The van der Waals surface area contributed by atoms with E-state index in [2.05, 4.69) is 5.32 Å². The molecule has 0 saturated heterocycles. The van der Waals surface area contributed by atoms with Crippen LogP contribution >= 0.6 is 0 Å². The zero-order valence-electron chi connectivity index (χ0n) is 11.1. The number of methoxy groups -OCH3 is 1. The van der Waals surface area contributed by atoms with Crippen LogP contribution in [-0.4, -0.2) is 39.6 Å². The number of rotatable bonds is 8. The first-order chi connectivity index (χ1) is 9.22. The van der Waals surface area contributed by atoms with Crippen molar-refractivity contribution >= 4 is 17.5 Å². The highest BCUT2D eigenvalue weighted by Crippen LogP contribution is 2.11. The first-order valence-corrected chi connectivity index (χ1v) is 6.08. The first kappa shape index (κ1) is 15.3. The van der Waals surface area contributed by atoms with E-state index >= 15 is 0 Å². The van der Waals surface area contributed by atoms with E-state index in [1.54, 1.807) is 31.4 Å². The Morgan fingerprint density at radius 1 is 1.26 bits per heavy atom. The first-order valence-electron chi connectivity index (χ1n) is 6.08. The molecule has 0 unspecified atom stereocenters. The smallest absolute Gasteiger partial charge is 0.411 e. The van der Waals surface area contributed by atoms with Gasteiger partial charge >= 0.3 is 6.09 Å². The average Bonchev–Trinajstić information content (AvgIpc) is 2.37. The van der Waals surface area contributed by atoms with E-state index in [0.717, 1.165) is 0 Å². The second-order valence-electron chi connectivity index (χ2n) is 3.85. The minimum absolute atomic E-state index is 0.307. The molecular weight excluding hydrogens is 248 g/mol. The molecule has 1 aromatic carbocycles. The van der Waals surface area contributed by atoms with Crippen LogP contribution in [0.4, 0.5) is 16.2 Å². The number of carbonyl (C=O) groups is 1. The van der Waals surface area contributed by atoms with E-state index in [1.165, 1.54) is 0 Å². The zero-order valence-corrected chi connectivity index (χ0v) is 11.1. The molecule has 0 atom stereocenters. The van der Waals surface area contributed by atoms with Gasteiger partial charge in [0, 0.05) is 31.5 Å². The van der Waals surface area contributed by atoms with Gasteiger partial charge in [-0.05, 0) is 18.2 Å². The quantitative estimate of drug-likeness (QED) is 0.555. The Balaban J connectivity index is 2.08. The van der Waals surface area contributed by atoms with Gasteiger partial charge in [0.2, 0.25) is 0 Å². The maximum atomic E-state index is 11.4. The van der Waals surface area contributed by atoms with Gasteiger partial charge in [0.1, 0.15) is 0 Å². The number of anilines is 2. The molecule has 0 bridgehead atoms. The van der Waals surface area contributed by atoms with Crippen molar-refractivity contribution in [1.82, 2.24) is 0 Å². The number of hydrogen-bond donors (Lipinski definition) is 2. The number of benzene rings is 1. The summed E-state index contributed by atoms with van der Waals surface area (Å²) < 4.78 is 15.1. The molecule has 0 aliphatic heterocycles. The van der Waals surface area contributed by atoms with Crippen LogP contribution in [0.3, 0.4) is 0 Å². The fraction of sp³-hybridized carbons (Fsp3) is 0.462. The average molecular weight is 268 g/mol. The molecule has 1 amide bonds. The maximum Gasteiger partial charge on any atom is 0.411 e. The molecule has 1 aromatic rings. The fourth-order valence-corrected chi connectivity index (χ4v) is 1.34. The molecule has 0 fully saturated rings. The van der Waals surface area contributed by atoms with Crippen LogP contribution in [0.15, 0.2) is 24.3 Å². The van der Waals surface area contributed by atoms with Gasteiger partial charge in [0.15, 0.2) is 0 Å². The van der Waals surface area contributed by atoms with Crippen molar-refractivity contribution < 1.29 is 19.0 Å². The highest BCUT2D eigenvalue weighted by Gasteiger charge is 2.02. The van der Waals surface area contributed by atoms with E-state index in [-0.39, 0.29) is 0 Å². The number of nitrogen functional groups attached to an aromatic ring is 1. The highest BCUT2D eigenvalue weighted by molar-refractivity contribution is 5.85. The molecule has 106 valence electrons. The molecule has 1 rings (SSSR count).